The van der Waals surface area contributed by atoms with Gasteiger partial charge in [-0.25, -0.2) is 0 Å². The Morgan fingerprint density at radius 3 is 2.43 bits per heavy atom. The van der Waals surface area contributed by atoms with Gasteiger partial charge in [-0.15, -0.1) is 0 Å². The summed E-state index contributed by atoms with van der Waals surface area (Å²) in [4.78, 5) is 2.90. The normalized spacial score (nSPS) is 20.7. The molecule has 1 saturated heterocycles. The van der Waals surface area contributed by atoms with Gasteiger partial charge in [-0.3, -0.25) is 0 Å². The van der Waals surface area contributed by atoms with Gasteiger partial charge in [0.1, 0.15) is 10.7 Å². The highest BCUT2D eigenvalue weighted by Crippen LogP contribution is 2.47. The lowest BCUT2D eigenvalue weighted by molar-refractivity contribution is 0.226. The zero-order valence-electron chi connectivity index (χ0n) is 12.7. The molecule has 3 nitrogen and oxygen atoms in total. The molecule has 1 heterocycles. The first-order valence-electron chi connectivity index (χ1n) is 7.86. The van der Waals surface area contributed by atoms with Crippen LogP contribution >= 0.6 is 12.2 Å². The molecule has 1 saturated carbocycles. The van der Waals surface area contributed by atoms with E-state index in [4.69, 9.17) is 22.7 Å². The number of nitrogens with two attached hydrogens (primary N) is 1. The average Bonchev–Trinajstić information content (AvgIpc) is 2.95. The van der Waals surface area contributed by atoms with Crippen LogP contribution < -0.4 is 15.4 Å². The number of thiocarbonyl (C=S) groups is 1. The van der Waals surface area contributed by atoms with Crippen LogP contribution in [0.1, 0.15) is 44.1 Å². The summed E-state index contributed by atoms with van der Waals surface area (Å²) in [5.74, 6) is 0.867. The number of piperidine rings is 1. The van der Waals surface area contributed by atoms with E-state index >= 15 is 0 Å². The number of hydrogen-bond acceptors (Lipinski definition) is 3. The lowest BCUT2D eigenvalue weighted by Gasteiger charge is -2.41. The van der Waals surface area contributed by atoms with E-state index in [0.29, 0.717) is 10.4 Å². The number of anilines is 1. The number of nitrogens with zero attached hydrogens (tertiary/aromatic N) is 1. The Balaban J connectivity index is 1.82. The highest BCUT2D eigenvalue weighted by atomic mass is 32.1. The Bertz CT molecular complexity index is 528. The van der Waals surface area contributed by atoms with Crippen LogP contribution in [-0.4, -0.2) is 25.2 Å². The maximum Gasteiger partial charge on any atom is 0.120 e. The summed E-state index contributed by atoms with van der Waals surface area (Å²) in [5.41, 5.74) is 8.62. The molecule has 3 rings (SSSR count). The topological polar surface area (TPSA) is 38.5 Å². The lowest BCUT2D eigenvalue weighted by atomic mass is 9.77. The minimum atomic E-state index is 0.466. The summed E-state index contributed by atoms with van der Waals surface area (Å²) in [6.07, 6.45) is 8.25. The van der Waals surface area contributed by atoms with Gasteiger partial charge in [0.25, 0.3) is 0 Å². The molecule has 2 N–H and O–H groups in total. The minimum Gasteiger partial charge on any atom is -0.497 e. The zero-order chi connectivity index (χ0) is 14.9. The Kier molecular flexibility index (Phi) is 4.07. The van der Waals surface area contributed by atoms with Crippen molar-refractivity contribution in [3.63, 3.8) is 0 Å². The lowest BCUT2D eigenvalue weighted by Crippen LogP contribution is -2.39. The van der Waals surface area contributed by atoms with Gasteiger partial charge in [0, 0.05) is 24.7 Å². The third kappa shape index (κ3) is 2.86. The first kappa shape index (κ1) is 14.6. The Labute approximate surface area is 132 Å². The van der Waals surface area contributed by atoms with Crippen LogP contribution in [0.2, 0.25) is 0 Å². The Morgan fingerprint density at radius 2 is 1.86 bits per heavy atom. The van der Waals surface area contributed by atoms with Crippen molar-refractivity contribution in [2.24, 2.45) is 11.1 Å². The quantitative estimate of drug-likeness (QED) is 0.868. The molecule has 2 fully saturated rings. The number of methoxy groups -OCH3 is 1. The summed E-state index contributed by atoms with van der Waals surface area (Å²) in [6.45, 7) is 2.20. The van der Waals surface area contributed by atoms with E-state index in [0.717, 1.165) is 30.1 Å². The maximum atomic E-state index is 5.89. The van der Waals surface area contributed by atoms with Gasteiger partial charge in [-0.1, -0.05) is 25.1 Å². The highest BCUT2D eigenvalue weighted by molar-refractivity contribution is 7.80. The van der Waals surface area contributed by atoms with E-state index < -0.39 is 0 Å². The zero-order valence-corrected chi connectivity index (χ0v) is 13.5. The monoisotopic (exact) mass is 304 g/mol. The van der Waals surface area contributed by atoms with Gasteiger partial charge in [0.2, 0.25) is 0 Å². The van der Waals surface area contributed by atoms with E-state index in [1.54, 1.807) is 7.11 Å². The SMILES string of the molecule is COc1ccc(C(N)=S)c(N2CCC3(CCCC3)CC2)c1. The summed E-state index contributed by atoms with van der Waals surface area (Å²) in [6, 6.07) is 5.98. The number of benzene rings is 1. The maximum absolute atomic E-state index is 5.89. The fourth-order valence-corrected chi connectivity index (χ4v) is 4.13. The summed E-state index contributed by atoms with van der Waals surface area (Å²) < 4.78 is 5.36. The number of ether oxygens (including phenoxy) is 1. The predicted octanol–water partition coefficient (Wildman–Crippen LogP) is 3.49. The molecule has 0 atom stereocenters. The summed E-state index contributed by atoms with van der Waals surface area (Å²) in [7, 11) is 1.70. The smallest absolute Gasteiger partial charge is 0.120 e. The standard InChI is InChI=1S/C17H24N2OS/c1-20-13-4-5-14(16(18)21)15(12-13)19-10-8-17(9-11-19)6-2-3-7-17/h4-5,12H,2-3,6-11H2,1H3,(H2,18,21). The third-order valence-corrected chi connectivity index (χ3v) is 5.52. The summed E-state index contributed by atoms with van der Waals surface area (Å²) >= 11 is 5.21. The highest BCUT2D eigenvalue weighted by Gasteiger charge is 2.37. The second-order valence-corrected chi connectivity index (χ2v) is 6.88. The van der Waals surface area contributed by atoms with Gasteiger partial charge in [-0.2, -0.15) is 0 Å². The van der Waals surface area contributed by atoms with E-state index in [-0.39, 0.29) is 0 Å². The largest absolute Gasteiger partial charge is 0.497 e. The molecular formula is C17H24N2OS. The van der Waals surface area contributed by atoms with Crippen molar-refractivity contribution in [3.05, 3.63) is 23.8 Å². The average molecular weight is 304 g/mol. The number of rotatable bonds is 3. The van der Waals surface area contributed by atoms with E-state index in [9.17, 15) is 0 Å². The molecular weight excluding hydrogens is 280 g/mol. The first-order chi connectivity index (χ1) is 10.1. The fraction of sp³-hybridized carbons (Fsp3) is 0.588. The van der Waals surface area contributed by atoms with E-state index in [1.807, 2.05) is 12.1 Å². The molecule has 0 unspecified atom stereocenters. The van der Waals surface area contributed by atoms with Crippen LogP contribution in [0.3, 0.4) is 0 Å². The molecule has 4 heteroatoms. The first-order valence-corrected chi connectivity index (χ1v) is 8.27. The van der Waals surface area contributed by atoms with Crippen molar-refractivity contribution in [3.8, 4) is 5.75 Å². The molecule has 0 radical (unpaired) electrons. The third-order valence-electron chi connectivity index (χ3n) is 5.30. The Morgan fingerprint density at radius 1 is 1.19 bits per heavy atom. The van der Waals surface area contributed by atoms with Gasteiger partial charge in [0.05, 0.1) is 12.8 Å². The van der Waals surface area contributed by atoms with Crippen molar-refractivity contribution in [2.75, 3.05) is 25.1 Å². The van der Waals surface area contributed by atoms with Crippen molar-refractivity contribution >= 4 is 22.9 Å². The molecule has 114 valence electrons. The van der Waals surface area contributed by atoms with Crippen LogP contribution in [-0.2, 0) is 0 Å². The Hall–Kier alpha value is -1.29. The number of hydrogen-bond donors (Lipinski definition) is 1. The van der Waals surface area contributed by atoms with Gasteiger partial charge < -0.3 is 15.4 Å². The molecule has 21 heavy (non-hydrogen) atoms. The molecule has 1 aromatic rings. The van der Waals surface area contributed by atoms with Crippen molar-refractivity contribution in [1.82, 2.24) is 0 Å². The van der Waals surface area contributed by atoms with Gasteiger partial charge in [-0.05, 0) is 43.2 Å². The van der Waals surface area contributed by atoms with E-state index in [2.05, 4.69) is 11.0 Å². The second kappa shape index (κ2) is 5.84. The summed E-state index contributed by atoms with van der Waals surface area (Å²) in [5, 5.41) is 0. The fourth-order valence-electron chi connectivity index (χ4n) is 3.96. The van der Waals surface area contributed by atoms with Crippen molar-refractivity contribution < 1.29 is 4.74 Å². The second-order valence-electron chi connectivity index (χ2n) is 6.44. The van der Waals surface area contributed by atoms with Crippen LogP contribution in [0.4, 0.5) is 5.69 Å². The predicted molar refractivity (Wildman–Crippen MR) is 91.2 cm³/mol. The van der Waals surface area contributed by atoms with Crippen molar-refractivity contribution in [1.29, 1.82) is 0 Å². The van der Waals surface area contributed by atoms with E-state index in [1.165, 1.54) is 38.5 Å². The molecule has 0 aromatic heterocycles. The van der Waals surface area contributed by atoms with Gasteiger partial charge >= 0.3 is 0 Å². The molecule has 1 spiro atoms. The molecule has 0 amide bonds. The molecule has 1 aromatic carbocycles. The van der Waals surface area contributed by atoms with Crippen LogP contribution in [0.15, 0.2) is 18.2 Å². The molecule has 0 bridgehead atoms. The molecule has 1 aliphatic heterocycles. The minimum absolute atomic E-state index is 0.466. The molecule has 2 aliphatic rings. The van der Waals surface area contributed by atoms with Crippen LogP contribution in [0, 0.1) is 5.41 Å². The van der Waals surface area contributed by atoms with Gasteiger partial charge in [0.15, 0.2) is 0 Å². The van der Waals surface area contributed by atoms with Crippen LogP contribution in [0.25, 0.3) is 0 Å². The van der Waals surface area contributed by atoms with Crippen LogP contribution in [0.5, 0.6) is 5.75 Å². The van der Waals surface area contributed by atoms with Crippen molar-refractivity contribution in [2.45, 2.75) is 38.5 Å². The molecule has 1 aliphatic carbocycles.